The zero-order valence-electron chi connectivity index (χ0n) is 25.0. The summed E-state index contributed by atoms with van der Waals surface area (Å²) in [5.41, 5.74) is 2.07. The van der Waals surface area contributed by atoms with E-state index in [9.17, 15) is 24.0 Å². The monoisotopic (exact) mass is 611 g/mol. The number of aryl methyl sites for hydroxylation is 2. The van der Waals surface area contributed by atoms with Crippen molar-refractivity contribution in [2.75, 3.05) is 26.2 Å². The Bertz CT molecular complexity index is 1510. The van der Waals surface area contributed by atoms with Gasteiger partial charge in [0, 0.05) is 50.1 Å². The highest BCUT2D eigenvalue weighted by Gasteiger charge is 2.26. The van der Waals surface area contributed by atoms with Crippen molar-refractivity contribution in [1.82, 2.24) is 35.4 Å². The molecule has 0 fully saturated rings. The normalized spacial score (nSPS) is 18.9. The maximum absolute atomic E-state index is 13.2. The standard InChI is InChI=1S/C30H41N7O5S/c1-4-19(2)27-29(41)32-12-7-15-37-24-16-21(9-10-23(24)34-30(37)42)28(40)31-11-6-14-36(13-5-8-25(38)35-27)26(39)17-22-18-43-20(3)33-22/h9-10,16,18-19,27H,4-8,11-15,17H2,1-3H3,(H,31,40)(H,32,41)(H,34,42)(H,35,38)/t19-,27-/m0/s1. The van der Waals surface area contributed by atoms with Gasteiger partial charge >= 0.3 is 5.69 Å². The van der Waals surface area contributed by atoms with Crippen LogP contribution in [-0.4, -0.2) is 75.3 Å². The molecule has 1 aliphatic rings. The summed E-state index contributed by atoms with van der Waals surface area (Å²) in [5.74, 6) is -0.965. The topological polar surface area (TPSA) is 158 Å². The van der Waals surface area contributed by atoms with Gasteiger partial charge in [0.25, 0.3) is 5.91 Å². The quantitative estimate of drug-likeness (QED) is 0.354. The summed E-state index contributed by atoms with van der Waals surface area (Å²) in [5, 5.41) is 11.5. The molecule has 0 saturated heterocycles. The van der Waals surface area contributed by atoms with Crippen LogP contribution in [0.3, 0.4) is 0 Å². The van der Waals surface area contributed by atoms with Crippen molar-refractivity contribution in [2.24, 2.45) is 5.92 Å². The van der Waals surface area contributed by atoms with Crippen LogP contribution >= 0.6 is 11.3 Å². The van der Waals surface area contributed by atoms with Crippen LogP contribution in [0, 0.1) is 12.8 Å². The number of thiazole rings is 1. The van der Waals surface area contributed by atoms with Gasteiger partial charge in [-0.25, -0.2) is 9.78 Å². The molecule has 2 atom stereocenters. The number of benzene rings is 1. The number of rotatable bonds is 4. The number of amides is 4. The van der Waals surface area contributed by atoms with Gasteiger partial charge in [0.15, 0.2) is 0 Å². The Hall–Kier alpha value is -4.00. The summed E-state index contributed by atoms with van der Waals surface area (Å²) < 4.78 is 1.56. The van der Waals surface area contributed by atoms with Gasteiger partial charge in [-0.3, -0.25) is 23.7 Å². The lowest BCUT2D eigenvalue weighted by molar-refractivity contribution is -0.131. The highest BCUT2D eigenvalue weighted by atomic mass is 32.1. The molecule has 0 spiro atoms. The minimum Gasteiger partial charge on any atom is -0.354 e. The lowest BCUT2D eigenvalue weighted by atomic mass is 9.98. The molecule has 4 N–H and O–H groups in total. The lowest BCUT2D eigenvalue weighted by Crippen LogP contribution is -2.50. The molecule has 12 nitrogen and oxygen atoms in total. The van der Waals surface area contributed by atoms with Crippen LogP contribution in [-0.2, 0) is 27.3 Å². The third-order valence-electron chi connectivity index (χ3n) is 7.78. The molecule has 0 radical (unpaired) electrons. The SMILES string of the molecule is CC[C@H](C)[C@@H]1NC(=O)CCCN(C(=O)Cc2csc(C)n2)CCCNC(=O)c2ccc3[nH]c(=O)n(c3c2)CCCNC1=O. The molecule has 4 rings (SSSR count). The number of carbonyl (C=O) groups is 4. The molecule has 2 aromatic heterocycles. The number of fused-ring (bicyclic) bond motifs is 1. The third-order valence-corrected chi connectivity index (χ3v) is 8.60. The first-order valence-corrected chi connectivity index (χ1v) is 15.8. The minimum absolute atomic E-state index is 0.0788. The molecule has 2 bridgehead atoms. The maximum Gasteiger partial charge on any atom is 0.326 e. The van der Waals surface area contributed by atoms with E-state index in [1.165, 1.54) is 11.3 Å². The van der Waals surface area contributed by atoms with Crippen molar-refractivity contribution < 1.29 is 19.2 Å². The van der Waals surface area contributed by atoms with Crippen LogP contribution in [0.4, 0.5) is 0 Å². The summed E-state index contributed by atoms with van der Waals surface area (Å²) in [6.07, 6.45) is 2.47. The number of imidazole rings is 1. The van der Waals surface area contributed by atoms with Crippen LogP contribution in [0.1, 0.15) is 67.0 Å². The Balaban J connectivity index is 1.53. The number of nitrogens with zero attached hydrogens (tertiary/aromatic N) is 3. The number of H-pyrrole nitrogens is 1. The van der Waals surface area contributed by atoms with E-state index in [0.717, 1.165) is 5.01 Å². The first kappa shape index (κ1) is 31.9. The Kier molecular flexibility index (Phi) is 11.1. The van der Waals surface area contributed by atoms with Crippen LogP contribution in [0.5, 0.6) is 0 Å². The van der Waals surface area contributed by atoms with Crippen molar-refractivity contribution in [3.05, 3.63) is 50.3 Å². The fourth-order valence-electron chi connectivity index (χ4n) is 5.14. The van der Waals surface area contributed by atoms with E-state index in [2.05, 4.69) is 25.9 Å². The van der Waals surface area contributed by atoms with E-state index in [1.807, 2.05) is 26.2 Å². The molecule has 43 heavy (non-hydrogen) atoms. The van der Waals surface area contributed by atoms with E-state index < -0.39 is 6.04 Å². The summed E-state index contributed by atoms with van der Waals surface area (Å²) in [6, 6.07) is 4.37. The molecule has 0 aliphatic carbocycles. The Morgan fingerprint density at radius 3 is 2.56 bits per heavy atom. The first-order valence-electron chi connectivity index (χ1n) is 14.9. The molecule has 3 heterocycles. The predicted octanol–water partition coefficient (Wildman–Crippen LogP) is 2.12. The van der Waals surface area contributed by atoms with Gasteiger partial charge in [0.2, 0.25) is 17.7 Å². The smallest absolute Gasteiger partial charge is 0.326 e. The van der Waals surface area contributed by atoms with Crippen molar-refractivity contribution in [2.45, 2.75) is 71.9 Å². The van der Waals surface area contributed by atoms with Gasteiger partial charge in [0.05, 0.1) is 28.2 Å². The lowest BCUT2D eigenvalue weighted by Gasteiger charge is -2.25. The summed E-state index contributed by atoms with van der Waals surface area (Å²) >= 11 is 1.49. The molecule has 1 aliphatic heterocycles. The molecule has 0 unspecified atom stereocenters. The Morgan fingerprint density at radius 2 is 1.81 bits per heavy atom. The van der Waals surface area contributed by atoms with E-state index in [0.29, 0.717) is 80.7 Å². The van der Waals surface area contributed by atoms with Gasteiger partial charge in [0.1, 0.15) is 6.04 Å². The third kappa shape index (κ3) is 8.53. The number of hydrogen-bond acceptors (Lipinski definition) is 7. The number of nitrogens with one attached hydrogen (secondary N) is 4. The van der Waals surface area contributed by atoms with Crippen LogP contribution in [0.25, 0.3) is 11.0 Å². The summed E-state index contributed by atoms with van der Waals surface area (Å²) in [7, 11) is 0. The number of aromatic amines is 1. The second-order valence-electron chi connectivity index (χ2n) is 11.0. The fraction of sp³-hybridized carbons (Fsp3) is 0.533. The van der Waals surface area contributed by atoms with E-state index in [1.54, 1.807) is 27.7 Å². The highest BCUT2D eigenvalue weighted by Crippen LogP contribution is 2.15. The second kappa shape index (κ2) is 14.9. The van der Waals surface area contributed by atoms with E-state index in [4.69, 9.17) is 0 Å². The molecule has 13 heteroatoms. The summed E-state index contributed by atoms with van der Waals surface area (Å²) in [6.45, 7) is 7.55. The average Bonchev–Trinajstić information content (AvgIpc) is 3.54. The number of carbonyl (C=O) groups excluding carboxylic acids is 4. The van der Waals surface area contributed by atoms with Crippen LogP contribution in [0.2, 0.25) is 0 Å². The minimum atomic E-state index is -0.687. The first-order chi connectivity index (χ1) is 20.7. The fourth-order valence-corrected chi connectivity index (χ4v) is 5.76. The molecule has 0 saturated carbocycles. The van der Waals surface area contributed by atoms with E-state index >= 15 is 0 Å². The zero-order chi connectivity index (χ0) is 30.9. The zero-order valence-corrected chi connectivity index (χ0v) is 25.8. The summed E-state index contributed by atoms with van der Waals surface area (Å²) in [4.78, 5) is 73.7. The van der Waals surface area contributed by atoms with Crippen molar-refractivity contribution >= 4 is 46.0 Å². The Labute approximate surface area is 254 Å². The van der Waals surface area contributed by atoms with Gasteiger partial charge in [-0.15, -0.1) is 11.3 Å². The van der Waals surface area contributed by atoms with Gasteiger partial charge < -0.3 is 25.8 Å². The average molecular weight is 612 g/mol. The predicted molar refractivity (Wildman–Crippen MR) is 165 cm³/mol. The largest absolute Gasteiger partial charge is 0.354 e. The molecule has 1 aromatic carbocycles. The van der Waals surface area contributed by atoms with Crippen molar-refractivity contribution in [3.63, 3.8) is 0 Å². The van der Waals surface area contributed by atoms with E-state index in [-0.39, 0.29) is 48.1 Å². The maximum atomic E-state index is 13.2. The molecular weight excluding hydrogens is 570 g/mol. The van der Waals surface area contributed by atoms with Gasteiger partial charge in [-0.1, -0.05) is 20.3 Å². The number of hydrogen-bond donors (Lipinski definition) is 4. The Morgan fingerprint density at radius 1 is 1.07 bits per heavy atom. The highest BCUT2D eigenvalue weighted by molar-refractivity contribution is 7.09. The van der Waals surface area contributed by atoms with Gasteiger partial charge in [-0.05, 0) is 50.3 Å². The van der Waals surface area contributed by atoms with Crippen molar-refractivity contribution in [1.29, 1.82) is 0 Å². The van der Waals surface area contributed by atoms with Crippen LogP contribution < -0.4 is 21.6 Å². The molecule has 232 valence electrons. The second-order valence-corrected chi connectivity index (χ2v) is 12.1. The van der Waals surface area contributed by atoms with Gasteiger partial charge in [-0.2, -0.15) is 0 Å². The number of aromatic nitrogens is 3. The van der Waals surface area contributed by atoms with Crippen LogP contribution in [0.15, 0.2) is 28.4 Å². The molecular formula is C30H41N7O5S. The molecule has 4 amide bonds. The molecule has 3 aromatic rings. The van der Waals surface area contributed by atoms with Crippen molar-refractivity contribution in [3.8, 4) is 0 Å².